The van der Waals surface area contributed by atoms with Gasteiger partial charge in [0.15, 0.2) is 23.1 Å². The summed E-state index contributed by atoms with van der Waals surface area (Å²) in [5, 5.41) is -0.0859. The van der Waals surface area contributed by atoms with Crippen LogP contribution in [0.4, 0.5) is 14.6 Å². The molecule has 0 aliphatic rings. The predicted octanol–water partition coefficient (Wildman–Crippen LogP) is 3.72. The standard InChI is InChI=1S/C15H13BrClF2N3O3/c1-24-12-7(17)4-3-6(10(12)19)14-21-11(15(23)25-2)9(8(18)5-16)13(20)22-14/h3-4,8H,5H2,1-2H3,(H2,20,21,22). The highest BCUT2D eigenvalue weighted by atomic mass is 79.9. The molecule has 134 valence electrons. The van der Waals surface area contributed by atoms with Crippen LogP contribution in [0.5, 0.6) is 5.75 Å². The molecule has 0 aliphatic carbocycles. The highest BCUT2D eigenvalue weighted by Crippen LogP contribution is 2.35. The molecule has 0 saturated carbocycles. The van der Waals surface area contributed by atoms with Gasteiger partial charge in [-0.1, -0.05) is 27.5 Å². The Morgan fingerprint density at radius 1 is 1.40 bits per heavy atom. The Hall–Kier alpha value is -2.00. The molecule has 1 unspecified atom stereocenters. The zero-order valence-corrected chi connectivity index (χ0v) is 15.5. The lowest BCUT2D eigenvalue weighted by atomic mass is 10.1. The number of anilines is 1. The van der Waals surface area contributed by atoms with Crippen LogP contribution in [-0.4, -0.2) is 35.5 Å². The second kappa shape index (κ2) is 7.92. The highest BCUT2D eigenvalue weighted by molar-refractivity contribution is 9.09. The molecule has 1 heterocycles. The van der Waals surface area contributed by atoms with Crippen LogP contribution >= 0.6 is 27.5 Å². The second-order valence-electron chi connectivity index (χ2n) is 4.75. The van der Waals surface area contributed by atoms with E-state index in [-0.39, 0.29) is 44.6 Å². The van der Waals surface area contributed by atoms with Crippen molar-refractivity contribution in [2.75, 3.05) is 25.3 Å². The molecule has 0 bridgehead atoms. The van der Waals surface area contributed by atoms with Crippen LogP contribution in [0.3, 0.4) is 0 Å². The molecule has 6 nitrogen and oxygen atoms in total. The first-order chi connectivity index (χ1) is 11.8. The van der Waals surface area contributed by atoms with Gasteiger partial charge < -0.3 is 15.2 Å². The maximum absolute atomic E-state index is 14.6. The van der Waals surface area contributed by atoms with E-state index in [1.54, 1.807) is 0 Å². The van der Waals surface area contributed by atoms with Crippen molar-refractivity contribution in [3.05, 3.63) is 34.2 Å². The van der Waals surface area contributed by atoms with E-state index < -0.39 is 18.0 Å². The van der Waals surface area contributed by atoms with Crippen LogP contribution in [0.1, 0.15) is 22.2 Å². The Morgan fingerprint density at radius 2 is 2.08 bits per heavy atom. The number of rotatable bonds is 5. The van der Waals surface area contributed by atoms with Crippen molar-refractivity contribution in [1.29, 1.82) is 0 Å². The Labute approximate surface area is 155 Å². The smallest absolute Gasteiger partial charge is 0.357 e. The summed E-state index contributed by atoms with van der Waals surface area (Å²) in [6.07, 6.45) is -1.65. The minimum absolute atomic E-state index is 0.0460. The summed E-state index contributed by atoms with van der Waals surface area (Å²) in [4.78, 5) is 19.8. The summed E-state index contributed by atoms with van der Waals surface area (Å²) in [5.74, 6) is -2.50. The summed E-state index contributed by atoms with van der Waals surface area (Å²) in [7, 11) is 2.35. The molecule has 1 aromatic heterocycles. The van der Waals surface area contributed by atoms with E-state index >= 15 is 0 Å². The van der Waals surface area contributed by atoms with Gasteiger partial charge in [-0.05, 0) is 12.1 Å². The molecule has 1 atom stereocenters. The maximum Gasteiger partial charge on any atom is 0.357 e. The second-order valence-corrected chi connectivity index (χ2v) is 5.81. The largest absolute Gasteiger partial charge is 0.492 e. The summed E-state index contributed by atoms with van der Waals surface area (Å²) < 4.78 is 38.2. The molecule has 0 amide bonds. The van der Waals surface area contributed by atoms with Crippen molar-refractivity contribution < 1.29 is 23.0 Å². The monoisotopic (exact) mass is 435 g/mol. The number of methoxy groups -OCH3 is 2. The number of alkyl halides is 2. The Morgan fingerprint density at radius 3 is 2.64 bits per heavy atom. The number of nitrogens with zero attached hydrogens (tertiary/aromatic N) is 2. The molecule has 2 rings (SSSR count). The maximum atomic E-state index is 14.6. The van der Waals surface area contributed by atoms with Crippen molar-refractivity contribution in [3.63, 3.8) is 0 Å². The lowest BCUT2D eigenvalue weighted by Gasteiger charge is -2.14. The minimum Gasteiger partial charge on any atom is -0.492 e. The summed E-state index contributed by atoms with van der Waals surface area (Å²) in [5.41, 5.74) is 5.06. The van der Waals surface area contributed by atoms with Crippen molar-refractivity contribution in [1.82, 2.24) is 9.97 Å². The molecular weight excluding hydrogens is 424 g/mol. The molecule has 2 aromatic rings. The Bertz CT molecular complexity index is 823. The van der Waals surface area contributed by atoms with Gasteiger partial charge in [0.05, 0.1) is 30.4 Å². The van der Waals surface area contributed by atoms with Crippen LogP contribution in [0.15, 0.2) is 12.1 Å². The number of aromatic nitrogens is 2. The van der Waals surface area contributed by atoms with Crippen LogP contribution in [0.2, 0.25) is 5.02 Å². The number of ether oxygens (including phenoxy) is 2. The molecule has 0 aliphatic heterocycles. The number of benzene rings is 1. The number of nitrogens with two attached hydrogens (primary N) is 1. The van der Waals surface area contributed by atoms with E-state index in [0.29, 0.717) is 0 Å². The summed E-state index contributed by atoms with van der Waals surface area (Å²) in [6, 6.07) is 2.67. The molecule has 0 spiro atoms. The molecule has 2 N–H and O–H groups in total. The third kappa shape index (κ3) is 3.67. The van der Waals surface area contributed by atoms with Gasteiger partial charge in [-0.3, -0.25) is 0 Å². The van der Waals surface area contributed by atoms with E-state index in [1.807, 2.05) is 0 Å². The minimum atomic E-state index is -1.65. The predicted molar refractivity (Wildman–Crippen MR) is 92.4 cm³/mol. The Balaban J connectivity index is 2.73. The average molecular weight is 437 g/mol. The summed E-state index contributed by atoms with van der Waals surface area (Å²) >= 11 is 8.81. The zero-order valence-electron chi connectivity index (χ0n) is 13.1. The average Bonchev–Trinajstić information content (AvgIpc) is 2.60. The van der Waals surface area contributed by atoms with Gasteiger partial charge in [0.2, 0.25) is 0 Å². The van der Waals surface area contributed by atoms with E-state index in [1.165, 1.54) is 19.2 Å². The number of nitrogen functional groups attached to an aromatic ring is 1. The topological polar surface area (TPSA) is 87.3 Å². The molecular formula is C15H13BrClF2N3O3. The van der Waals surface area contributed by atoms with Crippen LogP contribution in [0, 0.1) is 5.82 Å². The van der Waals surface area contributed by atoms with E-state index in [2.05, 4.69) is 30.6 Å². The lowest BCUT2D eigenvalue weighted by Crippen LogP contribution is -2.16. The fraction of sp³-hybridized carbons (Fsp3) is 0.267. The SMILES string of the molecule is COC(=O)c1nc(-c2ccc(Cl)c(OC)c2F)nc(N)c1C(F)CBr. The van der Waals surface area contributed by atoms with Crippen molar-refractivity contribution in [2.45, 2.75) is 6.17 Å². The first-order valence-corrected chi connectivity index (χ1v) is 8.33. The van der Waals surface area contributed by atoms with E-state index in [0.717, 1.165) is 7.11 Å². The fourth-order valence-electron chi connectivity index (χ4n) is 2.14. The summed E-state index contributed by atoms with van der Waals surface area (Å²) in [6.45, 7) is 0. The molecule has 1 aromatic carbocycles. The van der Waals surface area contributed by atoms with Crippen LogP contribution in [0.25, 0.3) is 11.4 Å². The molecule has 10 heteroatoms. The zero-order chi connectivity index (χ0) is 18.7. The first-order valence-electron chi connectivity index (χ1n) is 6.83. The van der Waals surface area contributed by atoms with Gasteiger partial charge in [0, 0.05) is 5.33 Å². The van der Waals surface area contributed by atoms with Gasteiger partial charge in [-0.15, -0.1) is 0 Å². The van der Waals surface area contributed by atoms with Crippen molar-refractivity contribution in [3.8, 4) is 17.1 Å². The molecule has 0 saturated heterocycles. The van der Waals surface area contributed by atoms with Crippen molar-refractivity contribution >= 4 is 39.3 Å². The normalized spacial score (nSPS) is 11.9. The highest BCUT2D eigenvalue weighted by Gasteiger charge is 2.27. The first kappa shape index (κ1) is 19.3. The molecule has 0 fully saturated rings. The number of carbonyl (C=O) groups excluding carboxylic acids is 1. The van der Waals surface area contributed by atoms with Crippen molar-refractivity contribution in [2.24, 2.45) is 0 Å². The van der Waals surface area contributed by atoms with Crippen LogP contribution < -0.4 is 10.5 Å². The van der Waals surface area contributed by atoms with Gasteiger partial charge in [-0.2, -0.15) is 0 Å². The molecule has 25 heavy (non-hydrogen) atoms. The number of esters is 1. The molecule has 0 radical (unpaired) electrons. The number of halogens is 4. The quantitative estimate of drug-likeness (QED) is 0.568. The number of carbonyl (C=O) groups is 1. The lowest BCUT2D eigenvalue weighted by molar-refractivity contribution is 0.0590. The van der Waals surface area contributed by atoms with Gasteiger partial charge in [-0.25, -0.2) is 23.5 Å². The van der Waals surface area contributed by atoms with E-state index in [4.69, 9.17) is 22.1 Å². The number of hydrogen-bond acceptors (Lipinski definition) is 6. The van der Waals surface area contributed by atoms with Gasteiger partial charge in [0.1, 0.15) is 12.0 Å². The number of hydrogen-bond donors (Lipinski definition) is 1. The fourth-order valence-corrected chi connectivity index (χ4v) is 2.68. The van der Waals surface area contributed by atoms with Crippen LogP contribution in [-0.2, 0) is 4.74 Å². The van der Waals surface area contributed by atoms with E-state index in [9.17, 15) is 13.6 Å². The van der Waals surface area contributed by atoms with Gasteiger partial charge in [0.25, 0.3) is 0 Å². The Kier molecular flexibility index (Phi) is 6.12. The third-order valence-corrected chi connectivity index (χ3v) is 4.16. The third-order valence-electron chi connectivity index (χ3n) is 3.30. The van der Waals surface area contributed by atoms with Gasteiger partial charge >= 0.3 is 5.97 Å².